The quantitative estimate of drug-likeness (QED) is 0.532. The van der Waals surface area contributed by atoms with Gasteiger partial charge < -0.3 is 14.2 Å². The van der Waals surface area contributed by atoms with Gasteiger partial charge in [0.05, 0.1) is 0 Å². The maximum absolute atomic E-state index is 5.80. The highest BCUT2D eigenvalue weighted by Crippen LogP contribution is 2.22. The van der Waals surface area contributed by atoms with E-state index in [2.05, 4.69) is 58.2 Å². The molecule has 0 radical (unpaired) electrons. The molecule has 0 aliphatic carbocycles. The van der Waals surface area contributed by atoms with Gasteiger partial charge in [-0.1, -0.05) is 49.0 Å². The Morgan fingerprint density at radius 1 is 1.12 bits per heavy atom. The fraction of sp³-hybridized carbons (Fsp3) is 0.579. The average molecular weight is 361 g/mol. The summed E-state index contributed by atoms with van der Waals surface area (Å²) in [5.74, 6) is 2.15. The van der Waals surface area contributed by atoms with Crippen LogP contribution in [0.2, 0.25) is 0 Å². The first-order valence-corrected chi connectivity index (χ1v) is 10.1. The maximum Gasteiger partial charge on any atom is 0.276 e. The van der Waals surface area contributed by atoms with Crippen LogP contribution in [0.3, 0.4) is 0 Å². The third kappa shape index (κ3) is 5.83. The molecule has 2 aromatic rings. The molecule has 1 unspecified atom stereocenters. The lowest BCUT2D eigenvalue weighted by atomic mass is 9.98. The highest BCUT2D eigenvalue weighted by Gasteiger charge is 2.14. The van der Waals surface area contributed by atoms with E-state index < -0.39 is 0 Å². The van der Waals surface area contributed by atoms with Crippen LogP contribution < -0.4 is 0 Å². The molecule has 1 aliphatic rings. The van der Waals surface area contributed by atoms with Gasteiger partial charge in [-0.3, -0.25) is 0 Å². The number of likely N-dealkylation sites (N-methyl/N-ethyl adjacent to an activating group) is 1. The molecule has 0 N–H and O–H groups in total. The number of hydrogen-bond acceptors (Lipinski definition) is 6. The lowest BCUT2D eigenvalue weighted by Gasteiger charge is -2.32. The maximum atomic E-state index is 5.80. The van der Waals surface area contributed by atoms with Gasteiger partial charge in [0.25, 0.3) is 5.22 Å². The van der Waals surface area contributed by atoms with Gasteiger partial charge in [0, 0.05) is 38.4 Å². The summed E-state index contributed by atoms with van der Waals surface area (Å²) in [4.78, 5) is 4.93. The fourth-order valence-electron chi connectivity index (χ4n) is 3.06. The second-order valence-electron chi connectivity index (χ2n) is 6.82. The van der Waals surface area contributed by atoms with Crippen LogP contribution in [0.25, 0.3) is 0 Å². The Bertz CT molecular complexity index is 625. The summed E-state index contributed by atoms with van der Waals surface area (Å²) in [6, 6.07) is 10.5. The van der Waals surface area contributed by atoms with Crippen molar-refractivity contribution in [3.63, 3.8) is 0 Å². The normalized spacial score (nSPS) is 17.7. The first kappa shape index (κ1) is 18.4. The van der Waals surface area contributed by atoms with E-state index in [9.17, 15) is 0 Å². The van der Waals surface area contributed by atoms with Crippen molar-refractivity contribution in [2.24, 2.45) is 0 Å². The number of nitrogens with zero attached hydrogens (tertiary/aromatic N) is 4. The van der Waals surface area contributed by atoms with Crippen LogP contribution in [-0.2, 0) is 6.42 Å². The smallest absolute Gasteiger partial charge is 0.276 e. The van der Waals surface area contributed by atoms with Crippen LogP contribution in [0.1, 0.15) is 30.7 Å². The van der Waals surface area contributed by atoms with E-state index in [4.69, 9.17) is 4.42 Å². The number of aromatic nitrogens is 2. The first-order valence-electron chi connectivity index (χ1n) is 9.12. The van der Waals surface area contributed by atoms with Crippen molar-refractivity contribution in [3.8, 4) is 0 Å². The van der Waals surface area contributed by atoms with Crippen molar-refractivity contribution in [2.45, 2.75) is 30.9 Å². The Morgan fingerprint density at radius 3 is 2.64 bits per heavy atom. The van der Waals surface area contributed by atoms with Crippen molar-refractivity contribution < 1.29 is 4.42 Å². The van der Waals surface area contributed by atoms with Gasteiger partial charge in [-0.15, -0.1) is 10.2 Å². The molecule has 1 saturated heterocycles. The Balaban J connectivity index is 1.37. The number of benzene rings is 1. The topological polar surface area (TPSA) is 45.4 Å². The molecular formula is C19H28N4OS. The first-order chi connectivity index (χ1) is 12.2. The zero-order valence-corrected chi connectivity index (χ0v) is 16.0. The molecule has 1 aromatic heterocycles. The second kappa shape index (κ2) is 9.36. The Hall–Kier alpha value is -1.37. The zero-order valence-electron chi connectivity index (χ0n) is 15.2. The van der Waals surface area contributed by atoms with E-state index in [1.165, 1.54) is 31.7 Å². The summed E-state index contributed by atoms with van der Waals surface area (Å²) in [6.07, 6.45) is 1.95. The number of thioether (sulfide) groups is 1. The minimum absolute atomic E-state index is 0.386. The molecule has 1 aliphatic heterocycles. The van der Waals surface area contributed by atoms with Crippen LogP contribution in [0, 0.1) is 0 Å². The van der Waals surface area contributed by atoms with Gasteiger partial charge >= 0.3 is 0 Å². The van der Waals surface area contributed by atoms with Crippen molar-refractivity contribution in [3.05, 3.63) is 41.8 Å². The number of hydrogen-bond donors (Lipinski definition) is 0. The minimum atomic E-state index is 0.386. The Morgan fingerprint density at radius 2 is 1.88 bits per heavy atom. The summed E-state index contributed by atoms with van der Waals surface area (Å²) < 4.78 is 5.80. The van der Waals surface area contributed by atoms with Crippen LogP contribution in [0.4, 0.5) is 0 Å². The summed E-state index contributed by atoms with van der Waals surface area (Å²) in [5, 5.41) is 9.09. The summed E-state index contributed by atoms with van der Waals surface area (Å²) in [6.45, 7) is 8.08. The molecule has 1 fully saturated rings. The van der Waals surface area contributed by atoms with Crippen molar-refractivity contribution in [1.29, 1.82) is 0 Å². The molecule has 25 heavy (non-hydrogen) atoms. The summed E-state index contributed by atoms with van der Waals surface area (Å²) in [5.41, 5.74) is 1.31. The summed E-state index contributed by atoms with van der Waals surface area (Å²) in [7, 11) is 2.19. The van der Waals surface area contributed by atoms with Gasteiger partial charge in [-0.2, -0.15) is 0 Å². The predicted molar refractivity (Wildman–Crippen MR) is 102 cm³/mol. The molecule has 5 nitrogen and oxygen atoms in total. The van der Waals surface area contributed by atoms with Crippen LogP contribution >= 0.6 is 11.8 Å². The van der Waals surface area contributed by atoms with Crippen molar-refractivity contribution >= 4 is 11.8 Å². The monoisotopic (exact) mass is 360 g/mol. The third-order valence-electron chi connectivity index (χ3n) is 4.74. The molecule has 136 valence electrons. The molecule has 0 bridgehead atoms. The Labute approximate surface area is 154 Å². The Kier molecular flexibility index (Phi) is 6.90. The lowest BCUT2D eigenvalue weighted by Crippen LogP contribution is -2.44. The van der Waals surface area contributed by atoms with Crippen molar-refractivity contribution in [1.82, 2.24) is 20.0 Å². The zero-order chi connectivity index (χ0) is 17.5. The van der Waals surface area contributed by atoms with E-state index in [0.717, 1.165) is 31.0 Å². The highest BCUT2D eigenvalue weighted by molar-refractivity contribution is 7.99. The molecule has 2 heterocycles. The van der Waals surface area contributed by atoms with E-state index >= 15 is 0 Å². The van der Waals surface area contributed by atoms with E-state index in [1.807, 2.05) is 6.07 Å². The van der Waals surface area contributed by atoms with E-state index in [-0.39, 0.29) is 0 Å². The van der Waals surface area contributed by atoms with E-state index in [1.54, 1.807) is 11.8 Å². The number of rotatable bonds is 8. The van der Waals surface area contributed by atoms with Gasteiger partial charge in [0.1, 0.15) is 0 Å². The third-order valence-corrected chi connectivity index (χ3v) is 5.64. The van der Waals surface area contributed by atoms with Gasteiger partial charge in [0.15, 0.2) is 0 Å². The molecule has 0 amide bonds. The highest BCUT2D eigenvalue weighted by atomic mass is 32.2. The molecular weight excluding hydrogens is 332 g/mol. The molecule has 1 atom stereocenters. The van der Waals surface area contributed by atoms with Crippen LogP contribution in [0.5, 0.6) is 0 Å². The van der Waals surface area contributed by atoms with Crippen LogP contribution in [0.15, 0.2) is 40.0 Å². The largest absolute Gasteiger partial charge is 0.416 e. The van der Waals surface area contributed by atoms with Crippen molar-refractivity contribution in [2.75, 3.05) is 45.5 Å². The van der Waals surface area contributed by atoms with Gasteiger partial charge in [0.2, 0.25) is 5.89 Å². The minimum Gasteiger partial charge on any atom is -0.416 e. The van der Waals surface area contributed by atoms with E-state index in [0.29, 0.717) is 11.1 Å². The fourth-order valence-corrected chi connectivity index (χ4v) is 3.76. The molecule has 6 heteroatoms. The summed E-state index contributed by atoms with van der Waals surface area (Å²) >= 11 is 1.68. The predicted octanol–water partition coefficient (Wildman–Crippen LogP) is 3.15. The standard InChI is InChI=1S/C19H28N4OS/c1-16(17-7-4-3-5-8-17)15-18-20-21-19(24-18)25-14-6-9-23-12-10-22(2)11-13-23/h3-5,7-8,16H,6,9-15H2,1-2H3. The average Bonchev–Trinajstić information content (AvgIpc) is 3.08. The van der Waals surface area contributed by atoms with Gasteiger partial charge in [-0.05, 0) is 31.5 Å². The second-order valence-corrected chi connectivity index (χ2v) is 7.87. The molecule has 0 spiro atoms. The molecule has 0 saturated carbocycles. The van der Waals surface area contributed by atoms with Crippen LogP contribution in [-0.4, -0.2) is 65.5 Å². The number of piperazine rings is 1. The SMILES string of the molecule is CC(Cc1nnc(SCCCN2CCN(C)CC2)o1)c1ccccc1. The lowest BCUT2D eigenvalue weighted by molar-refractivity contribution is 0.154. The molecule has 1 aromatic carbocycles. The van der Waals surface area contributed by atoms with Gasteiger partial charge in [-0.25, -0.2) is 0 Å². The molecule has 3 rings (SSSR count).